The number of hydrogen-bond donors (Lipinski definition) is 1. The molecule has 1 fully saturated rings. The van der Waals surface area contributed by atoms with Gasteiger partial charge in [-0.25, -0.2) is 4.98 Å². The van der Waals surface area contributed by atoms with Gasteiger partial charge in [-0.2, -0.15) is 0 Å². The highest BCUT2D eigenvalue weighted by atomic mass is 32.1. The third-order valence-electron chi connectivity index (χ3n) is 2.53. The zero-order chi connectivity index (χ0) is 9.97. The molecule has 1 aromatic rings. The first-order valence-corrected chi connectivity index (χ1v) is 5.15. The van der Waals surface area contributed by atoms with Crippen molar-refractivity contribution < 1.29 is 0 Å². The molecule has 2 rings (SSSR count). The minimum Gasteiger partial charge on any atom is -0.367 e. The maximum atomic E-state index is 4.90. The van der Waals surface area contributed by atoms with Gasteiger partial charge in [-0.3, -0.25) is 0 Å². The molecule has 5 heteroatoms. The van der Waals surface area contributed by atoms with E-state index >= 15 is 0 Å². The van der Waals surface area contributed by atoms with Gasteiger partial charge in [-0.1, -0.05) is 0 Å². The lowest BCUT2D eigenvalue weighted by molar-refractivity contribution is 0.312. The summed E-state index contributed by atoms with van der Waals surface area (Å²) in [4.78, 5) is 11.7. The Labute approximate surface area is 88.6 Å². The van der Waals surface area contributed by atoms with Gasteiger partial charge in [0.2, 0.25) is 0 Å². The highest BCUT2D eigenvalue weighted by Gasteiger charge is 2.13. The van der Waals surface area contributed by atoms with Crippen molar-refractivity contribution in [2.75, 3.05) is 38.1 Å². The third kappa shape index (κ3) is 2.10. The summed E-state index contributed by atoms with van der Waals surface area (Å²) < 4.78 is 0.544. The molecule has 0 aliphatic carbocycles. The van der Waals surface area contributed by atoms with E-state index in [1.165, 1.54) is 0 Å². The topological polar surface area (TPSA) is 35.2 Å². The van der Waals surface area contributed by atoms with Crippen LogP contribution in [0, 0.1) is 4.77 Å². The van der Waals surface area contributed by atoms with Crippen LogP contribution in [0.1, 0.15) is 0 Å². The van der Waals surface area contributed by atoms with Crippen molar-refractivity contribution in [2.45, 2.75) is 0 Å². The predicted molar refractivity (Wildman–Crippen MR) is 59.1 cm³/mol. The van der Waals surface area contributed by atoms with Crippen LogP contribution < -0.4 is 4.90 Å². The van der Waals surface area contributed by atoms with Gasteiger partial charge >= 0.3 is 0 Å². The van der Waals surface area contributed by atoms with Gasteiger partial charge in [0.25, 0.3) is 0 Å². The van der Waals surface area contributed by atoms with Gasteiger partial charge in [-0.15, -0.1) is 0 Å². The van der Waals surface area contributed by atoms with E-state index in [0.717, 1.165) is 31.9 Å². The molecular weight excluding hydrogens is 196 g/mol. The van der Waals surface area contributed by atoms with Crippen LogP contribution in [0.25, 0.3) is 0 Å². The summed E-state index contributed by atoms with van der Waals surface area (Å²) in [5, 5.41) is 0. The van der Waals surface area contributed by atoms with E-state index in [2.05, 4.69) is 26.8 Å². The summed E-state index contributed by atoms with van der Waals surface area (Å²) in [6.07, 6.45) is 3.77. The lowest BCUT2D eigenvalue weighted by Crippen LogP contribution is -2.44. The number of anilines is 1. The van der Waals surface area contributed by atoms with E-state index in [9.17, 15) is 0 Å². The van der Waals surface area contributed by atoms with Crippen LogP contribution in [0.5, 0.6) is 0 Å². The minimum atomic E-state index is 0.544. The standard InChI is InChI=1S/C9H14N4S/c1-12-2-4-13(5-3-12)8-6-10-9(14)11-7-8/h6-7H,2-5H2,1H3,(H,10,11,14). The van der Waals surface area contributed by atoms with Crippen molar-refractivity contribution in [3.8, 4) is 0 Å². The van der Waals surface area contributed by atoms with Gasteiger partial charge in [0.05, 0.1) is 11.9 Å². The second-order valence-corrected chi connectivity index (χ2v) is 3.95. The van der Waals surface area contributed by atoms with Crippen LogP contribution >= 0.6 is 12.2 Å². The molecule has 2 heterocycles. The molecule has 0 saturated carbocycles. The number of nitrogens with zero attached hydrogens (tertiary/aromatic N) is 3. The molecule has 4 nitrogen and oxygen atoms in total. The second-order valence-electron chi connectivity index (χ2n) is 3.57. The molecule has 14 heavy (non-hydrogen) atoms. The summed E-state index contributed by atoms with van der Waals surface area (Å²) in [5.41, 5.74) is 1.13. The van der Waals surface area contributed by atoms with E-state index in [4.69, 9.17) is 12.2 Å². The normalized spacial score (nSPS) is 18.5. The van der Waals surface area contributed by atoms with Crippen molar-refractivity contribution >= 4 is 17.9 Å². The van der Waals surface area contributed by atoms with Crippen LogP contribution in [-0.4, -0.2) is 48.1 Å². The number of aromatic nitrogens is 2. The fourth-order valence-corrected chi connectivity index (χ4v) is 1.68. The van der Waals surface area contributed by atoms with Crippen LogP contribution in [0.3, 0.4) is 0 Å². The van der Waals surface area contributed by atoms with E-state index in [1.807, 2.05) is 12.4 Å². The molecule has 1 saturated heterocycles. The molecule has 1 aliphatic heterocycles. The van der Waals surface area contributed by atoms with E-state index in [1.54, 1.807) is 0 Å². The van der Waals surface area contributed by atoms with Gasteiger partial charge in [0.15, 0.2) is 4.77 Å². The summed E-state index contributed by atoms with van der Waals surface area (Å²) in [5.74, 6) is 0. The Kier molecular flexibility index (Phi) is 2.79. The van der Waals surface area contributed by atoms with E-state index in [-0.39, 0.29) is 0 Å². The van der Waals surface area contributed by atoms with Crippen LogP contribution in [0.2, 0.25) is 0 Å². The quantitative estimate of drug-likeness (QED) is 0.698. The number of H-pyrrole nitrogens is 1. The Balaban J connectivity index is 2.08. The Morgan fingerprint density at radius 3 is 2.64 bits per heavy atom. The summed E-state index contributed by atoms with van der Waals surface area (Å²) >= 11 is 4.90. The number of hydrogen-bond acceptors (Lipinski definition) is 4. The average Bonchev–Trinajstić information content (AvgIpc) is 2.21. The Morgan fingerprint density at radius 2 is 2.07 bits per heavy atom. The fraction of sp³-hybridized carbons (Fsp3) is 0.556. The SMILES string of the molecule is CN1CCN(c2cnc(=S)[nH]c2)CC1. The molecule has 0 aromatic carbocycles. The third-order valence-corrected chi connectivity index (χ3v) is 2.75. The molecular formula is C9H14N4S. The Hall–Kier alpha value is -0.940. The van der Waals surface area contributed by atoms with Crippen molar-refractivity contribution in [2.24, 2.45) is 0 Å². The Bertz CT molecular complexity index is 334. The number of rotatable bonds is 1. The summed E-state index contributed by atoms with van der Waals surface area (Å²) in [6.45, 7) is 4.33. The molecule has 76 valence electrons. The van der Waals surface area contributed by atoms with Crippen LogP contribution in [-0.2, 0) is 0 Å². The molecule has 0 spiro atoms. The average molecular weight is 210 g/mol. The Morgan fingerprint density at radius 1 is 1.36 bits per heavy atom. The highest BCUT2D eigenvalue weighted by molar-refractivity contribution is 7.71. The molecule has 0 radical (unpaired) electrons. The van der Waals surface area contributed by atoms with Gasteiger partial charge in [-0.05, 0) is 19.3 Å². The number of likely N-dealkylation sites (N-methyl/N-ethyl adjacent to an activating group) is 1. The zero-order valence-electron chi connectivity index (χ0n) is 8.23. The molecule has 0 amide bonds. The first-order chi connectivity index (χ1) is 6.75. The number of nitrogens with one attached hydrogen (secondary N) is 1. The summed E-state index contributed by atoms with van der Waals surface area (Å²) in [7, 11) is 2.15. The first kappa shape index (κ1) is 9.61. The molecule has 1 aliphatic rings. The fourth-order valence-electron chi connectivity index (χ4n) is 1.57. The molecule has 0 atom stereocenters. The van der Waals surface area contributed by atoms with Gasteiger partial charge in [0, 0.05) is 32.4 Å². The molecule has 0 bridgehead atoms. The second kappa shape index (κ2) is 4.06. The van der Waals surface area contributed by atoms with Crippen molar-refractivity contribution in [3.05, 3.63) is 17.2 Å². The maximum Gasteiger partial charge on any atom is 0.196 e. The smallest absolute Gasteiger partial charge is 0.196 e. The van der Waals surface area contributed by atoms with Crippen molar-refractivity contribution in [1.82, 2.24) is 14.9 Å². The first-order valence-electron chi connectivity index (χ1n) is 4.74. The lowest BCUT2D eigenvalue weighted by Gasteiger charge is -2.33. The van der Waals surface area contributed by atoms with Crippen LogP contribution in [0.15, 0.2) is 12.4 Å². The molecule has 1 aromatic heterocycles. The molecule has 0 unspecified atom stereocenters. The zero-order valence-corrected chi connectivity index (χ0v) is 9.05. The van der Waals surface area contributed by atoms with Crippen molar-refractivity contribution in [1.29, 1.82) is 0 Å². The largest absolute Gasteiger partial charge is 0.367 e. The van der Waals surface area contributed by atoms with E-state index in [0.29, 0.717) is 4.77 Å². The van der Waals surface area contributed by atoms with E-state index < -0.39 is 0 Å². The summed E-state index contributed by atoms with van der Waals surface area (Å²) in [6, 6.07) is 0. The maximum absolute atomic E-state index is 4.90. The van der Waals surface area contributed by atoms with Crippen molar-refractivity contribution in [3.63, 3.8) is 0 Å². The van der Waals surface area contributed by atoms with Gasteiger partial charge < -0.3 is 14.8 Å². The minimum absolute atomic E-state index is 0.544. The monoisotopic (exact) mass is 210 g/mol. The highest BCUT2D eigenvalue weighted by Crippen LogP contribution is 2.12. The number of aromatic amines is 1. The molecule has 1 N–H and O–H groups in total. The van der Waals surface area contributed by atoms with Crippen LogP contribution in [0.4, 0.5) is 5.69 Å². The lowest BCUT2D eigenvalue weighted by atomic mass is 10.3. The number of piperazine rings is 1. The predicted octanol–water partition coefficient (Wildman–Crippen LogP) is 0.891. The van der Waals surface area contributed by atoms with Gasteiger partial charge in [0.1, 0.15) is 0 Å².